The Balaban J connectivity index is 2.38. The summed E-state index contributed by atoms with van der Waals surface area (Å²) in [5, 5.41) is 4.12. The number of anilines is 3. The molecule has 2 aromatic rings. The van der Waals surface area contributed by atoms with Crippen molar-refractivity contribution in [1.29, 1.82) is 0 Å². The molecule has 0 atom stereocenters. The lowest BCUT2D eigenvalue weighted by molar-refractivity contribution is 1.29. The van der Waals surface area contributed by atoms with Crippen LogP contribution >= 0.6 is 39.1 Å². The lowest BCUT2D eigenvalue weighted by Gasteiger charge is -2.11. The molecule has 1 aromatic heterocycles. The van der Waals surface area contributed by atoms with Crippen molar-refractivity contribution in [2.24, 2.45) is 0 Å². The second kappa shape index (κ2) is 5.12. The molecule has 0 bridgehead atoms. The van der Waals surface area contributed by atoms with Crippen LogP contribution in [0.3, 0.4) is 0 Å². The van der Waals surface area contributed by atoms with Crippen LogP contribution in [-0.2, 0) is 0 Å². The molecule has 1 heterocycles. The summed E-state index contributed by atoms with van der Waals surface area (Å²) < 4.78 is 0.744. The topological polar surface area (TPSA) is 50.9 Å². The van der Waals surface area contributed by atoms with Crippen molar-refractivity contribution in [2.45, 2.75) is 0 Å². The number of hydrogen-bond acceptors (Lipinski definition) is 3. The fraction of sp³-hybridized carbons (Fsp3) is 0. The van der Waals surface area contributed by atoms with Crippen LogP contribution in [0.5, 0.6) is 0 Å². The Morgan fingerprint density at radius 1 is 1.24 bits per heavy atom. The summed E-state index contributed by atoms with van der Waals surface area (Å²) in [6.07, 6.45) is 1.55. The zero-order valence-electron chi connectivity index (χ0n) is 8.55. The van der Waals surface area contributed by atoms with Gasteiger partial charge in [-0.2, -0.15) is 0 Å². The van der Waals surface area contributed by atoms with Crippen molar-refractivity contribution in [2.75, 3.05) is 11.1 Å². The third kappa shape index (κ3) is 2.83. The summed E-state index contributed by atoms with van der Waals surface area (Å²) in [5.74, 6) is 0.606. The minimum atomic E-state index is 0.531. The van der Waals surface area contributed by atoms with E-state index in [1.54, 1.807) is 30.5 Å². The molecule has 0 amide bonds. The molecule has 0 aliphatic rings. The molecule has 0 aliphatic heterocycles. The Hall–Kier alpha value is -0.970. The van der Waals surface area contributed by atoms with E-state index in [1.165, 1.54) is 0 Å². The molecule has 3 N–H and O–H groups in total. The summed E-state index contributed by atoms with van der Waals surface area (Å²) in [5.41, 5.74) is 6.80. The van der Waals surface area contributed by atoms with Gasteiger partial charge in [0.2, 0.25) is 0 Å². The number of nitrogen functional groups attached to an aromatic ring is 1. The fourth-order valence-corrected chi connectivity index (χ4v) is 2.24. The second-order valence-electron chi connectivity index (χ2n) is 3.32. The van der Waals surface area contributed by atoms with E-state index >= 15 is 0 Å². The Kier molecular flexibility index (Phi) is 3.76. The van der Waals surface area contributed by atoms with Gasteiger partial charge < -0.3 is 11.1 Å². The maximum atomic E-state index is 6.05. The van der Waals surface area contributed by atoms with Crippen LogP contribution in [-0.4, -0.2) is 4.98 Å². The van der Waals surface area contributed by atoms with Gasteiger partial charge in [-0.15, -0.1) is 0 Å². The van der Waals surface area contributed by atoms with E-state index < -0.39 is 0 Å². The van der Waals surface area contributed by atoms with E-state index in [4.69, 9.17) is 28.9 Å². The average molecular weight is 333 g/mol. The van der Waals surface area contributed by atoms with E-state index in [9.17, 15) is 0 Å². The first-order valence-corrected chi connectivity index (χ1v) is 6.25. The molecule has 1 aromatic carbocycles. The van der Waals surface area contributed by atoms with Gasteiger partial charge in [-0.1, -0.05) is 29.3 Å². The zero-order valence-corrected chi connectivity index (χ0v) is 11.6. The molecule has 3 nitrogen and oxygen atoms in total. The van der Waals surface area contributed by atoms with E-state index in [0.29, 0.717) is 27.2 Å². The number of nitrogens with zero attached hydrogens (tertiary/aromatic N) is 1. The maximum Gasteiger partial charge on any atom is 0.144 e. The second-order valence-corrected chi connectivity index (χ2v) is 4.99. The van der Waals surface area contributed by atoms with Crippen LogP contribution in [0.1, 0.15) is 0 Å². The van der Waals surface area contributed by atoms with Gasteiger partial charge >= 0.3 is 0 Å². The lowest BCUT2D eigenvalue weighted by Crippen LogP contribution is -1.97. The highest BCUT2D eigenvalue weighted by molar-refractivity contribution is 9.10. The number of aromatic nitrogens is 1. The van der Waals surface area contributed by atoms with Crippen molar-refractivity contribution in [1.82, 2.24) is 4.98 Å². The van der Waals surface area contributed by atoms with Crippen LogP contribution in [0.25, 0.3) is 0 Å². The molecule has 0 fully saturated rings. The number of pyridine rings is 1. The molecule has 0 aliphatic carbocycles. The monoisotopic (exact) mass is 331 g/mol. The summed E-state index contributed by atoms with van der Waals surface area (Å²) in [7, 11) is 0. The van der Waals surface area contributed by atoms with Gasteiger partial charge in [0.25, 0.3) is 0 Å². The molecular weight excluding hydrogens is 325 g/mol. The molecule has 2 rings (SSSR count). The molecular formula is C11H8BrCl2N3. The molecule has 17 heavy (non-hydrogen) atoms. The lowest BCUT2D eigenvalue weighted by atomic mass is 10.3. The molecule has 0 spiro atoms. The van der Waals surface area contributed by atoms with Gasteiger partial charge in [-0.25, -0.2) is 4.98 Å². The summed E-state index contributed by atoms with van der Waals surface area (Å²) >= 11 is 15.5. The average Bonchev–Trinajstić information content (AvgIpc) is 2.26. The first kappa shape index (κ1) is 12.5. The third-order valence-electron chi connectivity index (χ3n) is 2.07. The number of halogens is 3. The molecule has 0 radical (unpaired) electrons. The quantitative estimate of drug-likeness (QED) is 0.852. The predicted octanol–water partition coefficient (Wildman–Crippen LogP) is 4.48. The summed E-state index contributed by atoms with van der Waals surface area (Å²) in [6.45, 7) is 0. The van der Waals surface area contributed by atoms with Gasteiger partial charge in [0.1, 0.15) is 5.82 Å². The van der Waals surface area contributed by atoms with Gasteiger partial charge in [0.15, 0.2) is 0 Å². The van der Waals surface area contributed by atoms with Crippen LogP contribution < -0.4 is 11.1 Å². The maximum absolute atomic E-state index is 6.05. The highest BCUT2D eigenvalue weighted by Gasteiger charge is 2.08. The Bertz CT molecular complexity index is 540. The molecule has 88 valence electrons. The first-order valence-electron chi connectivity index (χ1n) is 4.70. The summed E-state index contributed by atoms with van der Waals surface area (Å²) in [6, 6.07) is 7.03. The van der Waals surface area contributed by atoms with E-state index in [-0.39, 0.29) is 0 Å². The number of nitrogens with two attached hydrogens (primary N) is 1. The molecule has 6 heteroatoms. The smallest absolute Gasteiger partial charge is 0.144 e. The van der Waals surface area contributed by atoms with Crippen LogP contribution in [0.15, 0.2) is 34.9 Å². The predicted molar refractivity (Wildman–Crippen MR) is 76.1 cm³/mol. The Morgan fingerprint density at radius 3 is 2.47 bits per heavy atom. The van der Waals surface area contributed by atoms with Crippen LogP contribution in [0.4, 0.5) is 17.2 Å². The van der Waals surface area contributed by atoms with Crippen LogP contribution in [0.2, 0.25) is 10.0 Å². The molecule has 0 saturated heterocycles. The number of benzene rings is 1. The van der Waals surface area contributed by atoms with E-state index in [2.05, 4.69) is 26.2 Å². The van der Waals surface area contributed by atoms with Crippen molar-refractivity contribution in [3.8, 4) is 0 Å². The standard InChI is InChI=1S/C11H8BrCl2N3/c12-7-4-6(15)5-16-11(7)17-10-8(13)2-1-3-9(10)14/h1-5H,15H2,(H,16,17). The van der Waals surface area contributed by atoms with Gasteiger partial charge in [-0.05, 0) is 34.1 Å². The van der Waals surface area contributed by atoms with Crippen LogP contribution in [0, 0.1) is 0 Å². The normalized spacial score (nSPS) is 10.3. The van der Waals surface area contributed by atoms with Crippen molar-refractivity contribution in [3.05, 3.63) is 45.0 Å². The van der Waals surface area contributed by atoms with Crippen molar-refractivity contribution in [3.63, 3.8) is 0 Å². The number of rotatable bonds is 2. The third-order valence-corrected chi connectivity index (χ3v) is 3.30. The van der Waals surface area contributed by atoms with E-state index in [0.717, 1.165) is 4.47 Å². The SMILES string of the molecule is Nc1cnc(Nc2c(Cl)cccc2Cl)c(Br)c1. The molecule has 0 saturated carbocycles. The largest absolute Gasteiger partial charge is 0.397 e. The number of para-hydroxylation sites is 1. The minimum absolute atomic E-state index is 0.531. The van der Waals surface area contributed by atoms with Gasteiger partial charge in [0.05, 0.1) is 32.1 Å². The van der Waals surface area contributed by atoms with Crippen molar-refractivity contribution >= 4 is 56.3 Å². The first-order chi connectivity index (χ1) is 8.08. The minimum Gasteiger partial charge on any atom is -0.397 e. The number of hydrogen-bond donors (Lipinski definition) is 2. The summed E-state index contributed by atoms with van der Waals surface area (Å²) in [4.78, 5) is 4.16. The van der Waals surface area contributed by atoms with Gasteiger partial charge in [0, 0.05) is 0 Å². The zero-order chi connectivity index (χ0) is 12.4. The highest BCUT2D eigenvalue weighted by Crippen LogP contribution is 2.34. The fourth-order valence-electron chi connectivity index (χ4n) is 1.28. The van der Waals surface area contributed by atoms with Crippen molar-refractivity contribution < 1.29 is 0 Å². The van der Waals surface area contributed by atoms with Gasteiger partial charge in [-0.3, -0.25) is 0 Å². The Morgan fingerprint density at radius 2 is 1.88 bits per heavy atom. The number of nitrogens with one attached hydrogen (secondary N) is 1. The van der Waals surface area contributed by atoms with E-state index in [1.807, 2.05) is 0 Å². The Labute approximate surface area is 117 Å². The highest BCUT2D eigenvalue weighted by atomic mass is 79.9. The molecule has 0 unspecified atom stereocenters.